The Balaban J connectivity index is 1.36. The van der Waals surface area contributed by atoms with Crippen LogP contribution in [0.3, 0.4) is 0 Å². The van der Waals surface area contributed by atoms with Crippen LogP contribution in [0.5, 0.6) is 0 Å². The van der Waals surface area contributed by atoms with E-state index in [2.05, 4.69) is 29.3 Å². The summed E-state index contributed by atoms with van der Waals surface area (Å²) in [6.45, 7) is 7.24. The van der Waals surface area contributed by atoms with Crippen molar-refractivity contribution in [3.8, 4) is 0 Å². The highest BCUT2D eigenvalue weighted by Gasteiger charge is 2.15. The van der Waals surface area contributed by atoms with Gasteiger partial charge in [0.05, 0.1) is 13.2 Å². The number of benzene rings is 2. The summed E-state index contributed by atoms with van der Waals surface area (Å²) in [6.07, 6.45) is 2.57. The second-order valence-electron chi connectivity index (χ2n) is 7.45. The van der Waals surface area contributed by atoms with Crippen LogP contribution in [0.1, 0.15) is 41.3 Å². The fourth-order valence-electron chi connectivity index (χ4n) is 3.34. The minimum absolute atomic E-state index is 0.0448. The van der Waals surface area contributed by atoms with Crippen LogP contribution >= 0.6 is 0 Å². The molecule has 1 heterocycles. The highest BCUT2D eigenvalue weighted by Crippen LogP contribution is 2.18. The third-order valence-electron chi connectivity index (χ3n) is 5.14. The maximum atomic E-state index is 12.2. The van der Waals surface area contributed by atoms with Gasteiger partial charge in [0.25, 0.3) is 5.91 Å². The summed E-state index contributed by atoms with van der Waals surface area (Å²) in [4.78, 5) is 14.7. The number of rotatable bonds is 8. The van der Waals surface area contributed by atoms with Gasteiger partial charge in [-0.15, -0.1) is 0 Å². The van der Waals surface area contributed by atoms with Gasteiger partial charge in [0.15, 0.2) is 0 Å². The highest BCUT2D eigenvalue weighted by molar-refractivity contribution is 5.94. The van der Waals surface area contributed by atoms with Gasteiger partial charge >= 0.3 is 0 Å². The zero-order chi connectivity index (χ0) is 18.9. The monoisotopic (exact) mass is 366 g/mol. The third kappa shape index (κ3) is 6.49. The zero-order valence-corrected chi connectivity index (χ0v) is 16.2. The number of carbonyl (C=O) groups is 1. The van der Waals surface area contributed by atoms with Gasteiger partial charge in [-0.1, -0.05) is 49.4 Å². The SMILES string of the molecule is CC1CCN(Cc2ccc(C(=O)NCCOCc3ccccc3)cc2)CC1. The van der Waals surface area contributed by atoms with Crippen molar-refractivity contribution in [1.82, 2.24) is 10.2 Å². The molecule has 1 saturated heterocycles. The van der Waals surface area contributed by atoms with E-state index in [9.17, 15) is 4.79 Å². The summed E-state index contributed by atoms with van der Waals surface area (Å²) >= 11 is 0. The van der Waals surface area contributed by atoms with Gasteiger partial charge in [-0.2, -0.15) is 0 Å². The summed E-state index contributed by atoms with van der Waals surface area (Å²) in [7, 11) is 0. The van der Waals surface area contributed by atoms with E-state index in [4.69, 9.17) is 4.74 Å². The van der Waals surface area contributed by atoms with E-state index in [1.165, 1.54) is 31.5 Å². The van der Waals surface area contributed by atoms with E-state index in [0.29, 0.717) is 25.3 Å². The van der Waals surface area contributed by atoms with Gasteiger partial charge in [-0.3, -0.25) is 9.69 Å². The van der Waals surface area contributed by atoms with Crippen molar-refractivity contribution in [2.75, 3.05) is 26.2 Å². The number of likely N-dealkylation sites (tertiary alicyclic amines) is 1. The first kappa shape index (κ1) is 19.6. The molecule has 0 spiro atoms. The molecule has 2 aromatic carbocycles. The molecule has 0 bridgehead atoms. The number of carbonyl (C=O) groups excluding carboxylic acids is 1. The van der Waals surface area contributed by atoms with Crippen LogP contribution in [-0.4, -0.2) is 37.0 Å². The summed E-state index contributed by atoms with van der Waals surface area (Å²) in [5, 5.41) is 2.92. The largest absolute Gasteiger partial charge is 0.375 e. The Morgan fingerprint density at radius 3 is 2.44 bits per heavy atom. The molecule has 0 unspecified atom stereocenters. The second kappa shape index (κ2) is 10.2. The van der Waals surface area contributed by atoms with Gasteiger partial charge in [-0.25, -0.2) is 0 Å². The van der Waals surface area contributed by atoms with Crippen LogP contribution in [0, 0.1) is 5.92 Å². The van der Waals surface area contributed by atoms with E-state index in [1.54, 1.807) is 0 Å². The molecule has 0 aromatic heterocycles. The van der Waals surface area contributed by atoms with E-state index < -0.39 is 0 Å². The number of ether oxygens (including phenoxy) is 1. The lowest BCUT2D eigenvalue weighted by molar-refractivity contribution is 0.0901. The predicted octanol–water partition coefficient (Wildman–Crippen LogP) is 3.87. The van der Waals surface area contributed by atoms with E-state index in [1.807, 2.05) is 42.5 Å². The average Bonchev–Trinajstić information content (AvgIpc) is 2.71. The molecule has 1 amide bonds. The molecular formula is C23H30N2O2. The second-order valence-corrected chi connectivity index (χ2v) is 7.45. The average molecular weight is 367 g/mol. The Hall–Kier alpha value is -2.17. The number of amides is 1. The topological polar surface area (TPSA) is 41.6 Å². The number of nitrogens with zero attached hydrogens (tertiary/aromatic N) is 1. The fraction of sp³-hybridized carbons (Fsp3) is 0.435. The standard InChI is InChI=1S/C23H30N2O2/c1-19-11-14-25(15-12-19)17-20-7-9-22(10-8-20)23(26)24-13-16-27-18-21-5-3-2-4-6-21/h2-10,19H,11-18H2,1H3,(H,24,26). The van der Waals surface area contributed by atoms with Crippen molar-refractivity contribution in [3.63, 3.8) is 0 Å². The minimum Gasteiger partial charge on any atom is -0.375 e. The Labute approximate surface area is 162 Å². The van der Waals surface area contributed by atoms with E-state index >= 15 is 0 Å². The van der Waals surface area contributed by atoms with Crippen LogP contribution in [-0.2, 0) is 17.9 Å². The molecule has 1 N–H and O–H groups in total. The van der Waals surface area contributed by atoms with Crippen molar-refractivity contribution >= 4 is 5.91 Å². The first-order chi connectivity index (χ1) is 13.2. The molecule has 1 fully saturated rings. The van der Waals surface area contributed by atoms with Gasteiger partial charge in [-0.05, 0) is 55.1 Å². The summed E-state index contributed by atoms with van der Waals surface area (Å²) in [5.41, 5.74) is 3.11. The number of piperidine rings is 1. The molecule has 27 heavy (non-hydrogen) atoms. The van der Waals surface area contributed by atoms with Gasteiger partial charge in [0.2, 0.25) is 0 Å². The lowest BCUT2D eigenvalue weighted by atomic mass is 9.99. The maximum Gasteiger partial charge on any atom is 0.251 e. The van der Waals surface area contributed by atoms with E-state index in [-0.39, 0.29) is 5.91 Å². The quantitative estimate of drug-likeness (QED) is 0.721. The zero-order valence-electron chi connectivity index (χ0n) is 16.2. The van der Waals surface area contributed by atoms with Gasteiger partial charge < -0.3 is 10.1 Å². The molecule has 0 saturated carbocycles. The van der Waals surface area contributed by atoms with E-state index in [0.717, 1.165) is 18.0 Å². The molecule has 1 aliphatic heterocycles. The first-order valence-corrected chi connectivity index (χ1v) is 9.92. The number of hydrogen-bond acceptors (Lipinski definition) is 3. The Kier molecular flexibility index (Phi) is 7.43. The van der Waals surface area contributed by atoms with Crippen molar-refractivity contribution in [3.05, 3.63) is 71.3 Å². The normalized spacial score (nSPS) is 15.6. The van der Waals surface area contributed by atoms with Crippen LogP contribution in [0.2, 0.25) is 0 Å². The van der Waals surface area contributed by atoms with Gasteiger partial charge in [0, 0.05) is 18.7 Å². The molecule has 144 valence electrons. The molecule has 1 aliphatic rings. The third-order valence-corrected chi connectivity index (χ3v) is 5.14. The van der Waals surface area contributed by atoms with Crippen molar-refractivity contribution < 1.29 is 9.53 Å². The smallest absolute Gasteiger partial charge is 0.251 e. The highest BCUT2D eigenvalue weighted by atomic mass is 16.5. The summed E-state index contributed by atoms with van der Waals surface area (Å²) in [5.74, 6) is 0.806. The van der Waals surface area contributed by atoms with Crippen LogP contribution in [0.4, 0.5) is 0 Å². The number of hydrogen-bond donors (Lipinski definition) is 1. The maximum absolute atomic E-state index is 12.2. The van der Waals surface area contributed by atoms with Crippen molar-refractivity contribution in [1.29, 1.82) is 0 Å². The Bertz CT molecular complexity index is 692. The molecule has 0 aliphatic carbocycles. The fourth-order valence-corrected chi connectivity index (χ4v) is 3.34. The number of nitrogens with one attached hydrogen (secondary N) is 1. The molecule has 3 rings (SSSR count). The summed E-state index contributed by atoms with van der Waals surface area (Å²) < 4.78 is 5.60. The van der Waals surface area contributed by atoms with Crippen molar-refractivity contribution in [2.24, 2.45) is 5.92 Å². The Morgan fingerprint density at radius 1 is 1.04 bits per heavy atom. The lowest BCUT2D eigenvalue weighted by Crippen LogP contribution is -2.32. The molecule has 0 radical (unpaired) electrons. The molecular weight excluding hydrogens is 336 g/mol. The van der Waals surface area contributed by atoms with Crippen LogP contribution in [0.15, 0.2) is 54.6 Å². The summed E-state index contributed by atoms with van der Waals surface area (Å²) in [6, 6.07) is 18.0. The molecule has 4 nitrogen and oxygen atoms in total. The molecule has 2 aromatic rings. The Morgan fingerprint density at radius 2 is 1.74 bits per heavy atom. The van der Waals surface area contributed by atoms with Gasteiger partial charge in [0.1, 0.15) is 0 Å². The first-order valence-electron chi connectivity index (χ1n) is 9.92. The lowest BCUT2D eigenvalue weighted by Gasteiger charge is -2.30. The molecule has 0 atom stereocenters. The van der Waals surface area contributed by atoms with Crippen LogP contribution < -0.4 is 5.32 Å². The minimum atomic E-state index is -0.0448. The molecule has 4 heteroatoms. The van der Waals surface area contributed by atoms with Crippen molar-refractivity contribution in [2.45, 2.75) is 32.9 Å². The van der Waals surface area contributed by atoms with Crippen LogP contribution in [0.25, 0.3) is 0 Å². The predicted molar refractivity (Wildman–Crippen MR) is 109 cm³/mol.